The zero-order valence-corrected chi connectivity index (χ0v) is 9.01. The minimum Gasteiger partial charge on any atom is -0.352 e. The Labute approximate surface area is 92.0 Å². The van der Waals surface area contributed by atoms with Crippen molar-refractivity contribution < 1.29 is 13.9 Å². The molecule has 15 heavy (non-hydrogen) atoms. The van der Waals surface area contributed by atoms with Gasteiger partial charge in [-0.05, 0) is 12.1 Å². The number of halogens is 2. The molecule has 5 heteroatoms. The quantitative estimate of drug-likeness (QED) is 0.749. The molecule has 0 atom stereocenters. The number of hydrogen-bond donors (Lipinski definition) is 0. The second-order valence-corrected chi connectivity index (χ2v) is 3.18. The number of rotatable bonds is 3. The number of benzene rings is 1. The van der Waals surface area contributed by atoms with E-state index in [1.807, 2.05) is 0 Å². The maximum Gasteiger partial charge on any atom is 0.184 e. The van der Waals surface area contributed by atoms with Crippen LogP contribution < -0.4 is 0 Å². The van der Waals surface area contributed by atoms with Gasteiger partial charge in [0.15, 0.2) is 6.29 Å². The smallest absolute Gasteiger partial charge is 0.184 e. The summed E-state index contributed by atoms with van der Waals surface area (Å²) in [6, 6.07) is 4.08. The minimum atomic E-state index is -0.736. The molecular weight excluding hydrogens is 221 g/mol. The third-order valence-corrected chi connectivity index (χ3v) is 2.22. The lowest BCUT2D eigenvalue weighted by molar-refractivity contribution is -0.106. The van der Waals surface area contributed by atoms with Crippen molar-refractivity contribution >= 4 is 11.6 Å². The fourth-order valence-corrected chi connectivity index (χ4v) is 1.43. The summed E-state index contributed by atoms with van der Waals surface area (Å²) in [6.45, 7) is 0. The largest absolute Gasteiger partial charge is 0.352 e. The molecule has 3 nitrogen and oxygen atoms in total. The molecular formula is C10H9ClFNO2. The van der Waals surface area contributed by atoms with Gasteiger partial charge in [-0.1, -0.05) is 11.6 Å². The minimum absolute atomic E-state index is 0.102. The molecule has 0 N–H and O–H groups in total. The molecule has 0 bridgehead atoms. The third-order valence-electron chi connectivity index (χ3n) is 1.89. The van der Waals surface area contributed by atoms with E-state index in [2.05, 4.69) is 0 Å². The van der Waals surface area contributed by atoms with E-state index in [1.54, 1.807) is 6.07 Å². The predicted octanol–water partition coefficient (Wildman–Crippen LogP) is 2.64. The van der Waals surface area contributed by atoms with Crippen molar-refractivity contribution in [2.45, 2.75) is 6.29 Å². The topological polar surface area (TPSA) is 42.2 Å². The van der Waals surface area contributed by atoms with Gasteiger partial charge in [0.1, 0.15) is 11.9 Å². The highest BCUT2D eigenvalue weighted by Crippen LogP contribution is 2.28. The molecule has 1 aromatic carbocycles. The molecule has 0 aliphatic heterocycles. The van der Waals surface area contributed by atoms with Gasteiger partial charge in [-0.3, -0.25) is 0 Å². The van der Waals surface area contributed by atoms with Crippen LogP contribution in [0.2, 0.25) is 5.02 Å². The van der Waals surface area contributed by atoms with Gasteiger partial charge in [0.25, 0.3) is 0 Å². The monoisotopic (exact) mass is 229 g/mol. The SMILES string of the molecule is COC(OC)c1cc(F)c(C#N)cc1Cl. The van der Waals surface area contributed by atoms with Crippen LogP contribution in [0.5, 0.6) is 0 Å². The number of nitriles is 1. The van der Waals surface area contributed by atoms with Gasteiger partial charge in [0.2, 0.25) is 0 Å². The van der Waals surface area contributed by atoms with Crippen LogP contribution in [-0.2, 0) is 9.47 Å². The van der Waals surface area contributed by atoms with E-state index in [0.29, 0.717) is 5.56 Å². The zero-order chi connectivity index (χ0) is 11.4. The van der Waals surface area contributed by atoms with Crippen molar-refractivity contribution in [3.05, 3.63) is 34.1 Å². The number of nitrogens with zero attached hydrogens (tertiary/aromatic N) is 1. The highest BCUT2D eigenvalue weighted by molar-refractivity contribution is 6.31. The second-order valence-electron chi connectivity index (χ2n) is 2.77. The molecule has 1 aromatic rings. The second kappa shape index (κ2) is 5.08. The first-order valence-corrected chi connectivity index (χ1v) is 4.46. The van der Waals surface area contributed by atoms with Gasteiger partial charge < -0.3 is 9.47 Å². The van der Waals surface area contributed by atoms with Crippen LogP contribution in [0.25, 0.3) is 0 Å². The van der Waals surface area contributed by atoms with E-state index in [1.165, 1.54) is 20.3 Å². The highest BCUT2D eigenvalue weighted by Gasteiger charge is 2.16. The summed E-state index contributed by atoms with van der Waals surface area (Å²) < 4.78 is 23.1. The summed E-state index contributed by atoms with van der Waals surface area (Å²) in [7, 11) is 2.83. The summed E-state index contributed by atoms with van der Waals surface area (Å²) in [4.78, 5) is 0. The Morgan fingerprint density at radius 3 is 2.47 bits per heavy atom. The summed E-state index contributed by atoms with van der Waals surface area (Å²) in [5, 5.41) is 8.81. The van der Waals surface area contributed by atoms with Gasteiger partial charge in [0.05, 0.1) is 10.6 Å². The van der Waals surface area contributed by atoms with E-state index in [-0.39, 0.29) is 10.6 Å². The Morgan fingerprint density at radius 1 is 1.40 bits per heavy atom. The lowest BCUT2D eigenvalue weighted by atomic mass is 10.1. The molecule has 0 aliphatic carbocycles. The molecule has 0 radical (unpaired) electrons. The Kier molecular flexibility index (Phi) is 4.04. The molecule has 1 rings (SSSR count). The van der Waals surface area contributed by atoms with E-state index >= 15 is 0 Å². The van der Waals surface area contributed by atoms with Crippen LogP contribution in [0.15, 0.2) is 12.1 Å². The van der Waals surface area contributed by atoms with Crippen LogP contribution in [0, 0.1) is 17.1 Å². The van der Waals surface area contributed by atoms with Gasteiger partial charge >= 0.3 is 0 Å². The fraction of sp³-hybridized carbons (Fsp3) is 0.300. The molecule has 0 heterocycles. The van der Waals surface area contributed by atoms with E-state index in [4.69, 9.17) is 26.3 Å². The normalized spacial score (nSPS) is 10.4. The van der Waals surface area contributed by atoms with Gasteiger partial charge in [-0.25, -0.2) is 4.39 Å². The van der Waals surface area contributed by atoms with Gasteiger partial charge in [-0.15, -0.1) is 0 Å². The average Bonchev–Trinajstić information content (AvgIpc) is 2.24. The Balaban J connectivity index is 3.22. The van der Waals surface area contributed by atoms with Crippen molar-refractivity contribution in [1.82, 2.24) is 0 Å². The van der Waals surface area contributed by atoms with Crippen molar-refractivity contribution in [3.8, 4) is 6.07 Å². The van der Waals surface area contributed by atoms with Crippen molar-refractivity contribution in [2.75, 3.05) is 14.2 Å². The predicted molar refractivity (Wildman–Crippen MR) is 52.9 cm³/mol. The van der Waals surface area contributed by atoms with Crippen LogP contribution >= 0.6 is 11.6 Å². The molecule has 0 aliphatic rings. The van der Waals surface area contributed by atoms with Crippen molar-refractivity contribution in [2.24, 2.45) is 0 Å². The molecule has 80 valence electrons. The van der Waals surface area contributed by atoms with Gasteiger partial charge in [-0.2, -0.15) is 5.26 Å². The third kappa shape index (κ3) is 2.45. The van der Waals surface area contributed by atoms with Crippen LogP contribution in [-0.4, -0.2) is 14.2 Å². The molecule has 0 unspecified atom stereocenters. The molecule has 0 amide bonds. The standard InChI is InChI=1S/C10H9ClFNO2/c1-14-10(15-2)7-4-9(12)6(5-13)3-8(7)11/h3-4,10H,1-2H3. The maximum absolute atomic E-state index is 13.3. The molecule has 0 fully saturated rings. The summed E-state index contributed by atoms with van der Waals surface area (Å²) in [5.41, 5.74) is 0.257. The number of ether oxygens (including phenoxy) is 2. The Morgan fingerprint density at radius 2 is 2.00 bits per heavy atom. The Hall–Kier alpha value is -1.15. The highest BCUT2D eigenvalue weighted by atomic mass is 35.5. The molecule has 0 spiro atoms. The first-order chi connectivity index (χ1) is 7.13. The first kappa shape index (κ1) is 11.9. The van der Waals surface area contributed by atoms with Gasteiger partial charge in [0, 0.05) is 19.8 Å². The average molecular weight is 230 g/mol. The molecule has 0 saturated heterocycles. The summed E-state index contributed by atoms with van der Waals surface area (Å²) in [6.07, 6.45) is -0.736. The Bertz CT molecular complexity index is 399. The van der Waals surface area contributed by atoms with Crippen LogP contribution in [0.1, 0.15) is 17.4 Å². The zero-order valence-electron chi connectivity index (χ0n) is 8.25. The van der Waals surface area contributed by atoms with Crippen LogP contribution in [0.4, 0.5) is 4.39 Å². The van der Waals surface area contributed by atoms with Crippen molar-refractivity contribution in [3.63, 3.8) is 0 Å². The van der Waals surface area contributed by atoms with Crippen molar-refractivity contribution in [1.29, 1.82) is 5.26 Å². The van der Waals surface area contributed by atoms with E-state index in [0.717, 1.165) is 6.07 Å². The molecule has 0 saturated carbocycles. The molecule has 0 aromatic heterocycles. The lowest BCUT2D eigenvalue weighted by Gasteiger charge is -2.15. The maximum atomic E-state index is 13.3. The van der Waals surface area contributed by atoms with Crippen LogP contribution in [0.3, 0.4) is 0 Å². The van der Waals surface area contributed by atoms with E-state index < -0.39 is 12.1 Å². The number of hydrogen-bond acceptors (Lipinski definition) is 3. The summed E-state index contributed by atoms with van der Waals surface area (Å²) >= 11 is 5.85. The first-order valence-electron chi connectivity index (χ1n) is 4.08. The number of methoxy groups -OCH3 is 2. The van der Waals surface area contributed by atoms with E-state index in [9.17, 15) is 4.39 Å². The lowest BCUT2D eigenvalue weighted by Crippen LogP contribution is -2.05. The fourth-order valence-electron chi connectivity index (χ4n) is 1.18. The summed E-state index contributed by atoms with van der Waals surface area (Å²) in [5.74, 6) is -0.643.